The first kappa shape index (κ1) is 31.5. The van der Waals surface area contributed by atoms with Crippen LogP contribution in [0.15, 0.2) is 36.4 Å². The van der Waals surface area contributed by atoms with Gasteiger partial charge < -0.3 is 24.6 Å². The highest BCUT2D eigenvalue weighted by atomic mass is 16.5. The summed E-state index contributed by atoms with van der Waals surface area (Å²) < 4.78 is 11.2. The van der Waals surface area contributed by atoms with Gasteiger partial charge in [-0.2, -0.15) is 0 Å². The van der Waals surface area contributed by atoms with Crippen molar-refractivity contribution in [3.05, 3.63) is 53.1 Å². The standard InChI is InChI=1S/C35H50N4O4/c1-6-39(30-11-15-42-16-12-30)33-21-29(28-9-7-27(8-10-28)23-38-13-17-43-18-14-38)20-31(26(33)4)34(40)36-22-32-24(2)19-25(3)37(5)35(32)41/h7-10,20-21,24-25,30,32H,6,11-19,22-23H2,1-5H3,(H,36,40). The molecular weight excluding hydrogens is 540 g/mol. The molecule has 0 spiro atoms. The third-order valence-corrected chi connectivity index (χ3v) is 9.91. The van der Waals surface area contributed by atoms with E-state index in [0.717, 1.165) is 94.2 Å². The summed E-state index contributed by atoms with van der Waals surface area (Å²) in [5, 5.41) is 3.16. The molecule has 0 bridgehead atoms. The van der Waals surface area contributed by atoms with Crippen LogP contribution in [0.2, 0.25) is 0 Å². The third kappa shape index (κ3) is 7.24. The van der Waals surface area contributed by atoms with Crippen LogP contribution < -0.4 is 10.2 Å². The van der Waals surface area contributed by atoms with Gasteiger partial charge in [-0.05, 0) is 80.3 Å². The molecule has 0 radical (unpaired) electrons. The first-order valence-corrected chi connectivity index (χ1v) is 16.2. The molecule has 0 saturated carbocycles. The minimum Gasteiger partial charge on any atom is -0.381 e. The lowest BCUT2D eigenvalue weighted by Gasteiger charge is -2.39. The zero-order valence-corrected chi connectivity index (χ0v) is 26.7. The molecule has 3 atom stereocenters. The van der Waals surface area contributed by atoms with E-state index in [1.165, 1.54) is 5.56 Å². The zero-order valence-electron chi connectivity index (χ0n) is 26.7. The molecule has 1 N–H and O–H groups in total. The van der Waals surface area contributed by atoms with E-state index in [-0.39, 0.29) is 29.7 Å². The monoisotopic (exact) mass is 590 g/mol. The Balaban J connectivity index is 1.43. The van der Waals surface area contributed by atoms with Crippen LogP contribution in [0, 0.1) is 18.8 Å². The van der Waals surface area contributed by atoms with E-state index in [2.05, 4.69) is 73.1 Å². The van der Waals surface area contributed by atoms with Gasteiger partial charge in [-0.3, -0.25) is 14.5 Å². The normalized spacial score (nSPS) is 23.8. The second kappa shape index (κ2) is 14.2. The number of ether oxygens (including phenoxy) is 2. The second-order valence-electron chi connectivity index (χ2n) is 12.7. The molecule has 3 saturated heterocycles. The number of hydrogen-bond donors (Lipinski definition) is 1. The maximum atomic E-state index is 13.9. The zero-order chi connectivity index (χ0) is 30.5. The summed E-state index contributed by atoms with van der Waals surface area (Å²) in [5.74, 6) is 0.0176. The van der Waals surface area contributed by atoms with Gasteiger partial charge in [0, 0.05) is 76.3 Å². The molecular formula is C35H50N4O4. The highest BCUT2D eigenvalue weighted by molar-refractivity contribution is 5.99. The van der Waals surface area contributed by atoms with Gasteiger partial charge in [0.1, 0.15) is 0 Å². The van der Waals surface area contributed by atoms with Gasteiger partial charge in [0.25, 0.3) is 5.91 Å². The predicted molar refractivity (Wildman–Crippen MR) is 171 cm³/mol. The number of piperidine rings is 1. The lowest BCUT2D eigenvalue weighted by molar-refractivity contribution is -0.141. The minimum absolute atomic E-state index is 0.117. The lowest BCUT2D eigenvalue weighted by Crippen LogP contribution is -2.51. The van der Waals surface area contributed by atoms with E-state index >= 15 is 0 Å². The maximum absolute atomic E-state index is 13.9. The molecule has 3 fully saturated rings. The summed E-state index contributed by atoms with van der Waals surface area (Å²) in [6.45, 7) is 15.6. The van der Waals surface area contributed by atoms with Crippen LogP contribution in [-0.4, -0.2) is 93.4 Å². The van der Waals surface area contributed by atoms with E-state index in [1.54, 1.807) is 0 Å². The summed E-state index contributed by atoms with van der Waals surface area (Å²) >= 11 is 0. The fourth-order valence-electron chi connectivity index (χ4n) is 7.01. The van der Waals surface area contributed by atoms with Crippen LogP contribution in [0.25, 0.3) is 11.1 Å². The molecule has 2 aromatic rings. The topological polar surface area (TPSA) is 74.4 Å². The van der Waals surface area contributed by atoms with E-state index in [9.17, 15) is 9.59 Å². The molecule has 8 heteroatoms. The van der Waals surface area contributed by atoms with Crippen molar-refractivity contribution in [2.45, 2.75) is 65.6 Å². The summed E-state index contributed by atoms with van der Waals surface area (Å²) in [4.78, 5) is 33.6. The van der Waals surface area contributed by atoms with Crippen molar-refractivity contribution >= 4 is 17.5 Å². The Morgan fingerprint density at radius 3 is 2.35 bits per heavy atom. The Bertz CT molecular complexity index is 1250. The van der Waals surface area contributed by atoms with E-state index < -0.39 is 0 Å². The first-order valence-electron chi connectivity index (χ1n) is 16.2. The lowest BCUT2D eigenvalue weighted by atomic mass is 9.83. The molecule has 8 nitrogen and oxygen atoms in total. The Morgan fingerprint density at radius 2 is 1.67 bits per heavy atom. The Kier molecular flexibility index (Phi) is 10.4. The van der Waals surface area contributed by atoms with Crippen molar-refractivity contribution in [2.24, 2.45) is 11.8 Å². The number of benzene rings is 2. The largest absolute Gasteiger partial charge is 0.381 e. The third-order valence-electron chi connectivity index (χ3n) is 9.91. The van der Waals surface area contributed by atoms with Gasteiger partial charge in [0.05, 0.1) is 19.1 Å². The number of anilines is 1. The predicted octanol–water partition coefficient (Wildman–Crippen LogP) is 4.73. The molecule has 43 heavy (non-hydrogen) atoms. The van der Waals surface area contributed by atoms with Crippen molar-refractivity contribution in [3.8, 4) is 11.1 Å². The molecule has 3 aliphatic rings. The Labute approximate surface area is 257 Å². The van der Waals surface area contributed by atoms with E-state index in [1.807, 2.05) is 18.0 Å². The van der Waals surface area contributed by atoms with Crippen molar-refractivity contribution in [3.63, 3.8) is 0 Å². The number of nitrogens with zero attached hydrogens (tertiary/aromatic N) is 3. The molecule has 3 aliphatic heterocycles. The Hall–Kier alpha value is -2.94. The second-order valence-corrected chi connectivity index (χ2v) is 12.7. The fraction of sp³-hybridized carbons (Fsp3) is 0.600. The quantitative estimate of drug-likeness (QED) is 0.455. The number of amides is 2. The van der Waals surface area contributed by atoms with Gasteiger partial charge in [0.2, 0.25) is 5.91 Å². The van der Waals surface area contributed by atoms with Crippen LogP contribution in [0.1, 0.15) is 61.5 Å². The number of nitrogens with one attached hydrogen (secondary N) is 1. The molecule has 5 rings (SSSR count). The SMILES string of the molecule is CCN(c1cc(-c2ccc(CN3CCOCC3)cc2)cc(C(=O)NCC2C(=O)N(C)C(C)CC2C)c1C)C1CCOCC1. The number of likely N-dealkylation sites (tertiary alicyclic amines) is 1. The molecule has 3 heterocycles. The molecule has 234 valence electrons. The highest BCUT2D eigenvalue weighted by Gasteiger charge is 2.36. The minimum atomic E-state index is -0.207. The highest BCUT2D eigenvalue weighted by Crippen LogP contribution is 2.34. The summed E-state index contributed by atoms with van der Waals surface area (Å²) in [6.07, 6.45) is 2.89. The van der Waals surface area contributed by atoms with Gasteiger partial charge >= 0.3 is 0 Å². The first-order chi connectivity index (χ1) is 20.8. The number of carbonyl (C=O) groups excluding carboxylic acids is 2. The number of morpholine rings is 1. The number of rotatable bonds is 9. The maximum Gasteiger partial charge on any atom is 0.251 e. The summed E-state index contributed by atoms with van der Waals surface area (Å²) in [5.41, 5.74) is 6.16. The van der Waals surface area contributed by atoms with Crippen LogP contribution in [0.4, 0.5) is 5.69 Å². The molecule has 0 aliphatic carbocycles. The molecule has 2 amide bonds. The average Bonchev–Trinajstić information content (AvgIpc) is 3.02. The van der Waals surface area contributed by atoms with E-state index in [4.69, 9.17) is 9.47 Å². The van der Waals surface area contributed by atoms with Crippen LogP contribution in [0.5, 0.6) is 0 Å². The molecule has 0 aromatic heterocycles. The summed E-state index contributed by atoms with van der Waals surface area (Å²) in [6, 6.07) is 13.6. The number of hydrogen-bond acceptors (Lipinski definition) is 6. The van der Waals surface area contributed by atoms with Crippen molar-refractivity contribution in [1.82, 2.24) is 15.1 Å². The van der Waals surface area contributed by atoms with Crippen LogP contribution in [-0.2, 0) is 20.8 Å². The number of carbonyl (C=O) groups is 2. The van der Waals surface area contributed by atoms with E-state index in [0.29, 0.717) is 18.2 Å². The van der Waals surface area contributed by atoms with Crippen LogP contribution >= 0.6 is 0 Å². The van der Waals surface area contributed by atoms with Crippen LogP contribution in [0.3, 0.4) is 0 Å². The van der Waals surface area contributed by atoms with Crippen molar-refractivity contribution < 1.29 is 19.1 Å². The van der Waals surface area contributed by atoms with Gasteiger partial charge in [-0.1, -0.05) is 31.2 Å². The summed E-state index contributed by atoms with van der Waals surface area (Å²) in [7, 11) is 1.87. The molecule has 3 unspecified atom stereocenters. The van der Waals surface area contributed by atoms with Crippen molar-refractivity contribution in [1.29, 1.82) is 0 Å². The van der Waals surface area contributed by atoms with Gasteiger partial charge in [-0.15, -0.1) is 0 Å². The Morgan fingerprint density at radius 1 is 1.00 bits per heavy atom. The van der Waals surface area contributed by atoms with Crippen molar-refractivity contribution in [2.75, 3.05) is 64.6 Å². The van der Waals surface area contributed by atoms with Gasteiger partial charge in [-0.25, -0.2) is 0 Å². The fourth-order valence-corrected chi connectivity index (χ4v) is 7.01. The molecule has 2 aromatic carbocycles. The smallest absolute Gasteiger partial charge is 0.251 e. The van der Waals surface area contributed by atoms with Gasteiger partial charge in [0.15, 0.2) is 0 Å². The average molecular weight is 591 g/mol.